The van der Waals surface area contributed by atoms with Crippen LogP contribution < -0.4 is 9.04 Å². The molecule has 1 aliphatic heterocycles. The quantitative estimate of drug-likeness (QED) is 0.793. The molecule has 0 aliphatic carbocycles. The molecule has 0 amide bonds. The van der Waals surface area contributed by atoms with Crippen LogP contribution in [0, 0.1) is 0 Å². The highest BCUT2D eigenvalue weighted by molar-refractivity contribution is 7.93. The summed E-state index contributed by atoms with van der Waals surface area (Å²) in [6.45, 7) is 0.461. The van der Waals surface area contributed by atoms with E-state index >= 15 is 0 Å². The van der Waals surface area contributed by atoms with Crippen LogP contribution in [-0.2, 0) is 16.4 Å². The fourth-order valence-corrected chi connectivity index (χ4v) is 3.44. The lowest BCUT2D eigenvalue weighted by Gasteiger charge is -2.31. The second kappa shape index (κ2) is 4.74. The predicted octanol–water partition coefficient (Wildman–Crippen LogP) is 1.97. The summed E-state index contributed by atoms with van der Waals surface area (Å²) in [6.07, 6.45) is 1.66. The summed E-state index contributed by atoms with van der Waals surface area (Å²) in [6, 6.07) is 5.56. The number of ether oxygens (including phenoxy) is 1. The van der Waals surface area contributed by atoms with Gasteiger partial charge in [0, 0.05) is 6.54 Å². The zero-order valence-electron chi connectivity index (χ0n) is 9.52. The van der Waals surface area contributed by atoms with Gasteiger partial charge in [-0.3, -0.25) is 4.31 Å². The minimum absolute atomic E-state index is 0.412. The molecule has 0 spiro atoms. The molecule has 0 N–H and O–H groups in total. The first-order valence-electron chi connectivity index (χ1n) is 5.32. The number of para-hydroxylation sites is 1. The molecule has 1 heterocycles. The topological polar surface area (TPSA) is 46.6 Å². The molecule has 0 atom stereocenters. The van der Waals surface area contributed by atoms with Crippen LogP contribution in [0.4, 0.5) is 5.69 Å². The number of rotatable bonds is 3. The Morgan fingerprint density at radius 3 is 2.88 bits per heavy atom. The Morgan fingerprint density at radius 1 is 1.47 bits per heavy atom. The van der Waals surface area contributed by atoms with Crippen molar-refractivity contribution in [2.45, 2.75) is 12.8 Å². The van der Waals surface area contributed by atoms with E-state index in [1.165, 1.54) is 11.4 Å². The third-order valence-corrected chi connectivity index (χ3v) is 4.97. The number of fused-ring (bicyclic) bond motifs is 1. The zero-order valence-corrected chi connectivity index (χ0v) is 11.1. The van der Waals surface area contributed by atoms with Crippen molar-refractivity contribution < 1.29 is 13.2 Å². The molecule has 0 radical (unpaired) electrons. The lowest BCUT2D eigenvalue weighted by atomic mass is 10.0. The second-order valence-corrected chi connectivity index (χ2v) is 6.34. The van der Waals surface area contributed by atoms with Gasteiger partial charge >= 0.3 is 0 Å². The third-order valence-electron chi connectivity index (χ3n) is 2.83. The number of sulfonamides is 1. The Balaban J connectivity index is 2.57. The molecule has 94 valence electrons. The molecule has 0 saturated carbocycles. The van der Waals surface area contributed by atoms with Gasteiger partial charge in [-0.15, -0.1) is 11.6 Å². The van der Waals surface area contributed by atoms with Crippen molar-refractivity contribution in [3.63, 3.8) is 0 Å². The average Bonchev–Trinajstić information content (AvgIpc) is 2.37. The standard InChI is InChI=1S/C11H14ClNO3S/c1-16-10-6-2-4-9-5-3-7-13(11(9)10)17(14,15)8-12/h2,4,6H,3,5,7-8H2,1H3. The number of nitrogens with zero attached hydrogens (tertiary/aromatic N) is 1. The van der Waals surface area contributed by atoms with Crippen molar-refractivity contribution in [3.8, 4) is 5.75 Å². The highest BCUT2D eigenvalue weighted by Crippen LogP contribution is 2.37. The number of alkyl halides is 1. The number of hydrogen-bond acceptors (Lipinski definition) is 3. The van der Waals surface area contributed by atoms with Gasteiger partial charge in [0.05, 0.1) is 12.8 Å². The largest absolute Gasteiger partial charge is 0.495 e. The van der Waals surface area contributed by atoms with E-state index in [0.29, 0.717) is 18.0 Å². The molecular weight excluding hydrogens is 262 g/mol. The van der Waals surface area contributed by atoms with E-state index in [1.54, 1.807) is 6.07 Å². The number of methoxy groups -OCH3 is 1. The monoisotopic (exact) mass is 275 g/mol. The summed E-state index contributed by atoms with van der Waals surface area (Å²) in [5.74, 6) is 0.580. The van der Waals surface area contributed by atoms with Crippen molar-refractivity contribution in [2.24, 2.45) is 0 Å². The van der Waals surface area contributed by atoms with Crippen molar-refractivity contribution in [1.29, 1.82) is 0 Å². The summed E-state index contributed by atoms with van der Waals surface area (Å²) >= 11 is 5.52. The fourth-order valence-electron chi connectivity index (χ4n) is 2.08. The zero-order chi connectivity index (χ0) is 12.5. The Bertz CT molecular complexity index is 501. The molecular formula is C11H14ClNO3S. The molecule has 1 aliphatic rings. The van der Waals surface area contributed by atoms with Gasteiger partial charge in [0.15, 0.2) is 0 Å². The van der Waals surface area contributed by atoms with E-state index in [-0.39, 0.29) is 0 Å². The molecule has 0 bridgehead atoms. The van der Waals surface area contributed by atoms with Gasteiger partial charge in [-0.2, -0.15) is 0 Å². The van der Waals surface area contributed by atoms with Gasteiger partial charge in [0.25, 0.3) is 0 Å². The number of anilines is 1. The van der Waals surface area contributed by atoms with E-state index in [0.717, 1.165) is 18.4 Å². The van der Waals surface area contributed by atoms with E-state index in [9.17, 15) is 8.42 Å². The second-order valence-electron chi connectivity index (χ2n) is 3.86. The van der Waals surface area contributed by atoms with Crippen LogP contribution in [0.5, 0.6) is 5.75 Å². The van der Waals surface area contributed by atoms with Gasteiger partial charge < -0.3 is 4.74 Å². The van der Waals surface area contributed by atoms with Crippen LogP contribution in [0.25, 0.3) is 0 Å². The number of benzene rings is 1. The van der Waals surface area contributed by atoms with E-state index in [2.05, 4.69) is 0 Å². The molecule has 0 saturated heterocycles. The number of halogens is 1. The molecule has 17 heavy (non-hydrogen) atoms. The predicted molar refractivity (Wildman–Crippen MR) is 68.3 cm³/mol. The van der Waals surface area contributed by atoms with Crippen molar-refractivity contribution in [2.75, 3.05) is 23.2 Å². The van der Waals surface area contributed by atoms with Crippen LogP contribution in [0.2, 0.25) is 0 Å². The summed E-state index contributed by atoms with van der Waals surface area (Å²) in [7, 11) is -1.91. The minimum Gasteiger partial charge on any atom is -0.495 e. The summed E-state index contributed by atoms with van der Waals surface area (Å²) in [5, 5.41) is -0.412. The Labute approximate surface area is 106 Å². The first kappa shape index (κ1) is 12.5. The molecule has 0 fully saturated rings. The SMILES string of the molecule is COc1cccc2c1N(S(=O)(=O)CCl)CCC2. The first-order valence-corrected chi connectivity index (χ1v) is 7.47. The molecule has 1 aromatic rings. The maximum atomic E-state index is 11.9. The molecule has 4 nitrogen and oxygen atoms in total. The maximum absolute atomic E-state index is 11.9. The molecule has 6 heteroatoms. The maximum Gasteiger partial charge on any atom is 0.249 e. The number of aryl methyl sites for hydroxylation is 1. The lowest BCUT2D eigenvalue weighted by molar-refractivity contribution is 0.414. The van der Waals surface area contributed by atoms with Crippen LogP contribution in [0.3, 0.4) is 0 Å². The van der Waals surface area contributed by atoms with Gasteiger partial charge in [-0.25, -0.2) is 8.42 Å². The first-order chi connectivity index (χ1) is 8.10. The lowest BCUT2D eigenvalue weighted by Crippen LogP contribution is -2.36. The molecule has 0 aromatic heterocycles. The van der Waals surface area contributed by atoms with Crippen molar-refractivity contribution in [3.05, 3.63) is 23.8 Å². The summed E-state index contributed by atoms with van der Waals surface area (Å²) < 4.78 is 30.4. The normalized spacial score (nSPS) is 15.5. The Morgan fingerprint density at radius 2 is 2.24 bits per heavy atom. The number of hydrogen-bond donors (Lipinski definition) is 0. The summed E-state index contributed by atoms with van der Waals surface area (Å²) in [4.78, 5) is 0. The van der Waals surface area contributed by atoms with Crippen LogP contribution in [0.1, 0.15) is 12.0 Å². The molecule has 1 aromatic carbocycles. The van der Waals surface area contributed by atoms with E-state index < -0.39 is 15.2 Å². The smallest absolute Gasteiger partial charge is 0.249 e. The van der Waals surface area contributed by atoms with E-state index in [1.807, 2.05) is 12.1 Å². The van der Waals surface area contributed by atoms with Gasteiger partial charge in [0.2, 0.25) is 10.0 Å². The Kier molecular flexibility index (Phi) is 3.49. The molecule has 0 unspecified atom stereocenters. The third kappa shape index (κ3) is 2.21. The summed E-state index contributed by atoms with van der Waals surface area (Å²) in [5.41, 5.74) is 1.63. The Hall–Kier alpha value is -0.940. The van der Waals surface area contributed by atoms with Gasteiger partial charge in [-0.1, -0.05) is 12.1 Å². The van der Waals surface area contributed by atoms with Gasteiger partial charge in [0.1, 0.15) is 11.0 Å². The van der Waals surface area contributed by atoms with E-state index in [4.69, 9.17) is 16.3 Å². The average molecular weight is 276 g/mol. The van der Waals surface area contributed by atoms with Crippen LogP contribution in [0.15, 0.2) is 18.2 Å². The van der Waals surface area contributed by atoms with Crippen LogP contribution >= 0.6 is 11.6 Å². The molecule has 2 rings (SSSR count). The van der Waals surface area contributed by atoms with Crippen molar-refractivity contribution >= 4 is 27.3 Å². The van der Waals surface area contributed by atoms with Crippen LogP contribution in [-0.4, -0.2) is 27.3 Å². The highest BCUT2D eigenvalue weighted by atomic mass is 35.5. The highest BCUT2D eigenvalue weighted by Gasteiger charge is 2.29. The minimum atomic E-state index is -3.45. The van der Waals surface area contributed by atoms with Gasteiger partial charge in [-0.05, 0) is 24.5 Å². The van der Waals surface area contributed by atoms with Crippen molar-refractivity contribution in [1.82, 2.24) is 0 Å². The fraction of sp³-hybridized carbons (Fsp3) is 0.455.